The molecular weight excluding hydrogens is 276 g/mol. The summed E-state index contributed by atoms with van der Waals surface area (Å²) < 4.78 is 5.30. The van der Waals surface area contributed by atoms with Crippen molar-refractivity contribution >= 4 is 11.6 Å². The van der Waals surface area contributed by atoms with Gasteiger partial charge in [-0.1, -0.05) is 6.92 Å². The van der Waals surface area contributed by atoms with Crippen LogP contribution in [0.15, 0.2) is 18.2 Å². The largest absolute Gasteiger partial charge is 0.497 e. The van der Waals surface area contributed by atoms with Crippen LogP contribution in [0.3, 0.4) is 0 Å². The third-order valence-corrected chi connectivity index (χ3v) is 4.94. The highest BCUT2D eigenvalue weighted by Gasteiger charge is 2.25. The van der Waals surface area contributed by atoms with Crippen LogP contribution >= 0.6 is 0 Å². The summed E-state index contributed by atoms with van der Waals surface area (Å²) in [6.45, 7) is 5.79. The van der Waals surface area contributed by atoms with Gasteiger partial charge in [-0.05, 0) is 68.5 Å². The molecule has 2 heterocycles. The Morgan fingerprint density at radius 3 is 2.77 bits per heavy atom. The molecule has 0 unspecified atom stereocenters. The zero-order valence-electron chi connectivity index (χ0n) is 13.7. The number of carbonyl (C=O) groups is 1. The lowest BCUT2D eigenvalue weighted by Gasteiger charge is -2.34. The molecule has 1 aromatic carbocycles. The van der Waals surface area contributed by atoms with Gasteiger partial charge in [-0.25, -0.2) is 0 Å². The second kappa shape index (κ2) is 6.69. The molecular formula is C18H26N2O2. The molecule has 0 bridgehead atoms. The number of benzene rings is 1. The van der Waals surface area contributed by atoms with Crippen molar-refractivity contribution in [3.63, 3.8) is 0 Å². The molecule has 1 saturated heterocycles. The predicted molar refractivity (Wildman–Crippen MR) is 88.5 cm³/mol. The van der Waals surface area contributed by atoms with E-state index in [1.807, 2.05) is 17.0 Å². The fourth-order valence-electron chi connectivity index (χ4n) is 3.46. The van der Waals surface area contributed by atoms with E-state index in [0.29, 0.717) is 6.54 Å². The maximum Gasteiger partial charge on any atom is 0.241 e. The number of anilines is 1. The molecule has 1 aromatic rings. The Balaban J connectivity index is 1.69. The number of aryl methyl sites for hydroxylation is 1. The van der Waals surface area contributed by atoms with Crippen LogP contribution in [0.2, 0.25) is 0 Å². The first kappa shape index (κ1) is 15.3. The fraction of sp³-hybridized carbons (Fsp3) is 0.611. The first-order valence-corrected chi connectivity index (χ1v) is 8.37. The average Bonchev–Trinajstić information content (AvgIpc) is 2.55. The summed E-state index contributed by atoms with van der Waals surface area (Å²) in [7, 11) is 1.69. The molecule has 0 saturated carbocycles. The maximum absolute atomic E-state index is 12.7. The molecule has 1 fully saturated rings. The molecule has 0 aliphatic carbocycles. The van der Waals surface area contributed by atoms with Crippen molar-refractivity contribution in [1.29, 1.82) is 0 Å². The molecule has 4 nitrogen and oxygen atoms in total. The van der Waals surface area contributed by atoms with Gasteiger partial charge in [0, 0.05) is 12.2 Å². The lowest BCUT2D eigenvalue weighted by Crippen LogP contribution is -2.45. The van der Waals surface area contributed by atoms with Crippen LogP contribution in [0, 0.1) is 5.92 Å². The molecule has 1 amide bonds. The number of likely N-dealkylation sites (tertiary alicyclic amines) is 1. The first-order valence-electron chi connectivity index (χ1n) is 8.37. The van der Waals surface area contributed by atoms with Crippen LogP contribution < -0.4 is 9.64 Å². The lowest BCUT2D eigenvalue weighted by molar-refractivity contribution is -0.120. The summed E-state index contributed by atoms with van der Waals surface area (Å²) in [5.41, 5.74) is 2.30. The SMILES string of the molecule is COc1ccc2c(c1)CCCN2C(=O)CN1CCC(C)CC1. The average molecular weight is 302 g/mol. The van der Waals surface area contributed by atoms with E-state index in [0.717, 1.165) is 49.8 Å². The van der Waals surface area contributed by atoms with Gasteiger partial charge >= 0.3 is 0 Å². The smallest absolute Gasteiger partial charge is 0.241 e. The molecule has 0 N–H and O–H groups in total. The van der Waals surface area contributed by atoms with Gasteiger partial charge in [0.2, 0.25) is 5.91 Å². The summed E-state index contributed by atoms with van der Waals surface area (Å²) >= 11 is 0. The van der Waals surface area contributed by atoms with E-state index in [2.05, 4.69) is 17.9 Å². The summed E-state index contributed by atoms with van der Waals surface area (Å²) in [5.74, 6) is 1.91. The maximum atomic E-state index is 12.7. The van der Waals surface area contributed by atoms with Gasteiger partial charge in [0.1, 0.15) is 5.75 Å². The third kappa shape index (κ3) is 3.27. The Kier molecular flexibility index (Phi) is 4.67. The van der Waals surface area contributed by atoms with Crippen LogP contribution in [-0.2, 0) is 11.2 Å². The normalized spacial score (nSPS) is 19.8. The summed E-state index contributed by atoms with van der Waals surface area (Å²) in [4.78, 5) is 17.0. The van der Waals surface area contributed by atoms with Crippen LogP contribution in [-0.4, -0.2) is 44.1 Å². The number of carbonyl (C=O) groups excluding carboxylic acids is 1. The predicted octanol–water partition coefficient (Wildman–Crippen LogP) is 2.71. The minimum atomic E-state index is 0.237. The van der Waals surface area contributed by atoms with Gasteiger partial charge in [-0.15, -0.1) is 0 Å². The van der Waals surface area contributed by atoms with E-state index in [1.54, 1.807) is 7.11 Å². The number of fused-ring (bicyclic) bond motifs is 1. The van der Waals surface area contributed by atoms with Gasteiger partial charge in [0.15, 0.2) is 0 Å². The Bertz CT molecular complexity index is 536. The van der Waals surface area contributed by atoms with E-state index in [1.165, 1.54) is 18.4 Å². The number of piperidine rings is 1. The standard InChI is InChI=1S/C18H26N2O2/c1-14-7-10-19(11-8-14)13-18(21)20-9-3-4-15-12-16(22-2)5-6-17(15)20/h5-6,12,14H,3-4,7-11,13H2,1-2H3. The van der Waals surface area contributed by atoms with E-state index < -0.39 is 0 Å². The number of methoxy groups -OCH3 is 1. The second-order valence-corrected chi connectivity index (χ2v) is 6.60. The minimum absolute atomic E-state index is 0.237. The van der Waals surface area contributed by atoms with E-state index in [-0.39, 0.29) is 5.91 Å². The number of rotatable bonds is 3. The first-order chi connectivity index (χ1) is 10.7. The molecule has 2 aliphatic rings. The summed E-state index contributed by atoms with van der Waals surface area (Å²) in [6.07, 6.45) is 4.47. The molecule has 120 valence electrons. The number of nitrogens with zero attached hydrogens (tertiary/aromatic N) is 2. The molecule has 0 radical (unpaired) electrons. The molecule has 2 aliphatic heterocycles. The number of ether oxygens (including phenoxy) is 1. The van der Waals surface area contributed by atoms with Gasteiger partial charge in [-0.3, -0.25) is 9.69 Å². The number of hydrogen-bond acceptors (Lipinski definition) is 3. The van der Waals surface area contributed by atoms with Crippen molar-refractivity contribution in [1.82, 2.24) is 4.90 Å². The summed E-state index contributed by atoms with van der Waals surface area (Å²) in [6, 6.07) is 6.05. The van der Waals surface area contributed by atoms with E-state index >= 15 is 0 Å². The molecule has 0 atom stereocenters. The van der Waals surface area contributed by atoms with Crippen molar-refractivity contribution in [3.05, 3.63) is 23.8 Å². The van der Waals surface area contributed by atoms with Gasteiger partial charge < -0.3 is 9.64 Å². The van der Waals surface area contributed by atoms with Gasteiger partial charge in [-0.2, -0.15) is 0 Å². The fourth-order valence-corrected chi connectivity index (χ4v) is 3.46. The third-order valence-electron chi connectivity index (χ3n) is 4.94. The summed E-state index contributed by atoms with van der Waals surface area (Å²) in [5, 5.41) is 0. The molecule has 22 heavy (non-hydrogen) atoms. The molecule has 4 heteroatoms. The Morgan fingerprint density at radius 2 is 2.05 bits per heavy atom. The van der Waals surface area contributed by atoms with Crippen LogP contribution in [0.5, 0.6) is 5.75 Å². The second-order valence-electron chi connectivity index (χ2n) is 6.60. The van der Waals surface area contributed by atoms with E-state index in [9.17, 15) is 4.79 Å². The van der Waals surface area contributed by atoms with E-state index in [4.69, 9.17) is 4.74 Å². The van der Waals surface area contributed by atoms with Crippen molar-refractivity contribution in [2.45, 2.75) is 32.6 Å². The monoisotopic (exact) mass is 302 g/mol. The molecule has 3 rings (SSSR count). The van der Waals surface area contributed by atoms with Crippen molar-refractivity contribution in [2.75, 3.05) is 38.2 Å². The van der Waals surface area contributed by atoms with Crippen molar-refractivity contribution in [2.24, 2.45) is 5.92 Å². The Hall–Kier alpha value is -1.55. The Morgan fingerprint density at radius 1 is 1.27 bits per heavy atom. The zero-order valence-corrected chi connectivity index (χ0v) is 13.7. The number of hydrogen-bond donors (Lipinski definition) is 0. The Labute approximate surface area is 133 Å². The zero-order chi connectivity index (χ0) is 15.5. The number of amides is 1. The lowest BCUT2D eigenvalue weighted by atomic mass is 9.99. The molecule has 0 aromatic heterocycles. The highest BCUT2D eigenvalue weighted by atomic mass is 16.5. The van der Waals surface area contributed by atoms with Crippen LogP contribution in [0.25, 0.3) is 0 Å². The van der Waals surface area contributed by atoms with Gasteiger partial charge in [0.25, 0.3) is 0 Å². The highest BCUT2D eigenvalue weighted by molar-refractivity contribution is 5.96. The highest BCUT2D eigenvalue weighted by Crippen LogP contribution is 2.30. The van der Waals surface area contributed by atoms with Crippen molar-refractivity contribution < 1.29 is 9.53 Å². The van der Waals surface area contributed by atoms with Crippen LogP contribution in [0.4, 0.5) is 5.69 Å². The quantitative estimate of drug-likeness (QED) is 0.860. The van der Waals surface area contributed by atoms with Gasteiger partial charge in [0.05, 0.1) is 13.7 Å². The van der Waals surface area contributed by atoms with Crippen molar-refractivity contribution in [3.8, 4) is 5.75 Å². The van der Waals surface area contributed by atoms with Crippen LogP contribution in [0.1, 0.15) is 31.7 Å². The topological polar surface area (TPSA) is 32.8 Å². The molecule has 0 spiro atoms. The minimum Gasteiger partial charge on any atom is -0.497 e.